The Morgan fingerprint density at radius 1 is 1.04 bits per heavy atom. The second kappa shape index (κ2) is 13.5. The van der Waals surface area contributed by atoms with Crippen molar-refractivity contribution in [2.45, 2.75) is 33.2 Å². The van der Waals surface area contributed by atoms with Gasteiger partial charge in [-0.2, -0.15) is 0 Å². The number of likely N-dealkylation sites (tertiary alicyclic amines) is 1. The molecule has 2 aliphatic rings. The predicted octanol–water partition coefficient (Wildman–Crippen LogP) is 4.23. The van der Waals surface area contributed by atoms with E-state index in [4.69, 9.17) is 4.74 Å². The normalized spacial score (nSPS) is 16.6. The van der Waals surface area contributed by atoms with E-state index in [1.54, 1.807) is 6.07 Å². The zero-order valence-electron chi connectivity index (χ0n) is 26.0. The maximum absolute atomic E-state index is 15.5. The van der Waals surface area contributed by atoms with E-state index in [9.17, 15) is 19.2 Å². The average Bonchev–Trinajstić information content (AvgIpc) is 3.44. The lowest BCUT2D eigenvalue weighted by Gasteiger charge is -2.28. The highest BCUT2D eigenvalue weighted by Gasteiger charge is 2.36. The number of carbonyl (C=O) groups is 4. The van der Waals surface area contributed by atoms with Crippen molar-refractivity contribution in [1.29, 1.82) is 0 Å². The van der Waals surface area contributed by atoms with Crippen LogP contribution in [-0.4, -0.2) is 73.9 Å². The third-order valence-corrected chi connectivity index (χ3v) is 8.64. The first kappa shape index (κ1) is 31.6. The molecule has 3 N–H and O–H groups in total. The van der Waals surface area contributed by atoms with E-state index in [-0.39, 0.29) is 24.8 Å². The first-order valence-corrected chi connectivity index (χ1v) is 15.0. The molecular weight excluding hydrogens is 577 g/mol. The minimum absolute atomic E-state index is 0.0672. The molecule has 1 atom stereocenters. The third kappa shape index (κ3) is 6.53. The number of hydrogen-bond acceptors (Lipinski definition) is 6. The van der Waals surface area contributed by atoms with Gasteiger partial charge in [0.2, 0.25) is 17.7 Å². The summed E-state index contributed by atoms with van der Waals surface area (Å²) in [5.41, 5.74) is 5.96. The van der Waals surface area contributed by atoms with Gasteiger partial charge in [0.1, 0.15) is 17.5 Å². The summed E-state index contributed by atoms with van der Waals surface area (Å²) in [5.74, 6) is -1.89. The molecular formula is C34H38FN5O5. The smallest absolute Gasteiger partial charge is 0.323 e. The fourth-order valence-corrected chi connectivity index (χ4v) is 5.95. The van der Waals surface area contributed by atoms with Crippen molar-refractivity contribution >= 4 is 29.4 Å². The van der Waals surface area contributed by atoms with E-state index in [1.165, 1.54) is 20.2 Å². The predicted molar refractivity (Wildman–Crippen MR) is 169 cm³/mol. The van der Waals surface area contributed by atoms with Crippen molar-refractivity contribution in [1.82, 2.24) is 20.4 Å². The van der Waals surface area contributed by atoms with Crippen molar-refractivity contribution in [3.63, 3.8) is 0 Å². The van der Waals surface area contributed by atoms with E-state index < -0.39 is 23.8 Å². The van der Waals surface area contributed by atoms with Gasteiger partial charge < -0.3 is 25.6 Å². The summed E-state index contributed by atoms with van der Waals surface area (Å²) in [6, 6.07) is 14.1. The van der Waals surface area contributed by atoms with Crippen LogP contribution in [0, 0.1) is 25.6 Å². The highest BCUT2D eigenvalue weighted by molar-refractivity contribution is 6.12. The molecule has 11 heteroatoms. The molecule has 10 nitrogen and oxygen atoms in total. The van der Waals surface area contributed by atoms with Crippen LogP contribution in [0.1, 0.15) is 29.5 Å². The van der Waals surface area contributed by atoms with Crippen molar-refractivity contribution < 1.29 is 28.3 Å². The molecule has 1 unspecified atom stereocenters. The number of carbonyl (C=O) groups excluding carboxylic acids is 4. The van der Waals surface area contributed by atoms with Gasteiger partial charge in [-0.3, -0.25) is 19.3 Å². The minimum atomic E-state index is -1.03. The number of anilines is 1. The van der Waals surface area contributed by atoms with E-state index in [0.29, 0.717) is 42.1 Å². The molecule has 0 saturated carbocycles. The summed E-state index contributed by atoms with van der Waals surface area (Å²) < 4.78 is 21.1. The fraction of sp³-hybridized carbons (Fsp3) is 0.353. The minimum Gasteiger partial charge on any atom is -0.496 e. The van der Waals surface area contributed by atoms with Crippen LogP contribution in [0.25, 0.3) is 22.3 Å². The van der Waals surface area contributed by atoms with Crippen LogP contribution in [-0.2, 0) is 20.9 Å². The molecule has 0 aromatic heterocycles. The van der Waals surface area contributed by atoms with Crippen LogP contribution >= 0.6 is 0 Å². The molecule has 0 bridgehead atoms. The summed E-state index contributed by atoms with van der Waals surface area (Å²) >= 11 is 0. The number of halogens is 1. The number of urea groups is 1. The molecule has 5 rings (SSSR count). The van der Waals surface area contributed by atoms with Crippen molar-refractivity contribution in [3.8, 4) is 28.0 Å². The number of nitrogens with one attached hydrogen (secondary N) is 3. The molecule has 2 heterocycles. The number of imide groups is 1. The monoisotopic (exact) mass is 615 g/mol. The molecule has 0 radical (unpaired) electrons. The molecule has 2 fully saturated rings. The summed E-state index contributed by atoms with van der Waals surface area (Å²) in [6.45, 7) is 5.97. The fourth-order valence-electron chi connectivity index (χ4n) is 5.95. The van der Waals surface area contributed by atoms with Gasteiger partial charge in [-0.05, 0) is 71.8 Å². The Kier molecular flexibility index (Phi) is 9.48. The van der Waals surface area contributed by atoms with Gasteiger partial charge >= 0.3 is 6.03 Å². The van der Waals surface area contributed by atoms with E-state index in [0.717, 1.165) is 45.7 Å². The molecule has 45 heavy (non-hydrogen) atoms. The van der Waals surface area contributed by atoms with Crippen LogP contribution in [0.4, 0.5) is 14.9 Å². The maximum Gasteiger partial charge on any atom is 0.323 e. The van der Waals surface area contributed by atoms with E-state index in [1.807, 2.05) is 55.1 Å². The van der Waals surface area contributed by atoms with Crippen LogP contribution in [0.2, 0.25) is 0 Å². The summed E-state index contributed by atoms with van der Waals surface area (Å²) in [5, 5.41) is 8.65. The van der Waals surface area contributed by atoms with Gasteiger partial charge in [-0.15, -0.1) is 0 Å². The number of benzene rings is 3. The largest absolute Gasteiger partial charge is 0.496 e. The van der Waals surface area contributed by atoms with Gasteiger partial charge in [0.25, 0.3) is 0 Å². The number of rotatable bonds is 10. The number of hydrogen-bond donors (Lipinski definition) is 3. The standard InChI is InChI=1S/C34H38FN5O5/c1-20-23(22-16-28(35)26(30(17-22)45-4)18-36-13-15-40-14-7-12-31(40)41)8-5-9-24(20)25-10-6-11-29(21(25)2)38-32(42)27-19-37-34(44)39(3)33(27)43/h5-6,8-11,16-17,27,36H,7,12-15,18-19H2,1-4H3,(H,37,44)(H,38,42). The van der Waals surface area contributed by atoms with Gasteiger partial charge in [0.15, 0.2) is 0 Å². The molecule has 0 aliphatic carbocycles. The SMILES string of the molecule is COc1cc(-c2cccc(-c3cccc(NC(=O)C4CNC(=O)N(C)C4=O)c3C)c2C)cc(F)c1CNCCN1CCCC1=O. The lowest BCUT2D eigenvalue weighted by molar-refractivity contribution is -0.138. The Balaban J connectivity index is 1.36. The summed E-state index contributed by atoms with van der Waals surface area (Å²) in [4.78, 5) is 51.9. The quantitative estimate of drug-likeness (QED) is 0.232. The van der Waals surface area contributed by atoms with Crippen LogP contribution < -0.4 is 20.7 Å². The molecule has 5 amide bonds. The summed E-state index contributed by atoms with van der Waals surface area (Å²) in [7, 11) is 2.86. The van der Waals surface area contributed by atoms with Crippen LogP contribution in [0.3, 0.4) is 0 Å². The number of methoxy groups -OCH3 is 1. The molecule has 0 spiro atoms. The zero-order valence-corrected chi connectivity index (χ0v) is 26.0. The number of amides is 5. The topological polar surface area (TPSA) is 120 Å². The number of nitrogens with zero attached hydrogens (tertiary/aromatic N) is 2. The van der Waals surface area contributed by atoms with Gasteiger partial charge in [0.05, 0.1) is 7.11 Å². The van der Waals surface area contributed by atoms with Crippen molar-refractivity contribution in [2.75, 3.05) is 45.7 Å². The van der Waals surface area contributed by atoms with Gasteiger partial charge in [0, 0.05) is 57.4 Å². The first-order valence-electron chi connectivity index (χ1n) is 15.0. The second-order valence-electron chi connectivity index (χ2n) is 11.4. The van der Waals surface area contributed by atoms with E-state index >= 15 is 4.39 Å². The Hall–Kier alpha value is -4.77. The van der Waals surface area contributed by atoms with Gasteiger partial charge in [-0.1, -0.05) is 30.3 Å². The lowest BCUT2D eigenvalue weighted by Crippen LogP contribution is -2.56. The molecule has 236 valence electrons. The molecule has 3 aromatic rings. The average molecular weight is 616 g/mol. The Labute approximate surface area is 261 Å². The molecule has 3 aromatic carbocycles. The Bertz CT molecular complexity index is 1660. The van der Waals surface area contributed by atoms with Crippen LogP contribution in [0.15, 0.2) is 48.5 Å². The zero-order chi connectivity index (χ0) is 32.2. The lowest BCUT2D eigenvalue weighted by atomic mass is 9.90. The van der Waals surface area contributed by atoms with Crippen LogP contribution in [0.5, 0.6) is 5.75 Å². The molecule has 2 saturated heterocycles. The Morgan fingerprint density at radius 2 is 1.76 bits per heavy atom. The Morgan fingerprint density at radius 3 is 2.47 bits per heavy atom. The van der Waals surface area contributed by atoms with Crippen molar-refractivity contribution in [2.24, 2.45) is 5.92 Å². The highest BCUT2D eigenvalue weighted by atomic mass is 19.1. The van der Waals surface area contributed by atoms with Crippen molar-refractivity contribution in [3.05, 3.63) is 71.0 Å². The highest BCUT2D eigenvalue weighted by Crippen LogP contribution is 2.37. The second-order valence-corrected chi connectivity index (χ2v) is 11.4. The summed E-state index contributed by atoms with van der Waals surface area (Å²) in [6.07, 6.45) is 1.47. The maximum atomic E-state index is 15.5. The molecule has 2 aliphatic heterocycles. The third-order valence-electron chi connectivity index (χ3n) is 8.64. The van der Waals surface area contributed by atoms with Gasteiger partial charge in [-0.25, -0.2) is 9.18 Å². The van der Waals surface area contributed by atoms with E-state index in [2.05, 4.69) is 16.0 Å². The number of ether oxygens (including phenoxy) is 1. The first-order chi connectivity index (χ1) is 21.6.